The number of hydrogen-bond acceptors (Lipinski definition) is 0. The van der Waals surface area contributed by atoms with Gasteiger partial charge in [-0.2, -0.15) is 0 Å². The van der Waals surface area contributed by atoms with E-state index in [2.05, 4.69) is 20.8 Å². The monoisotopic (exact) mass is 152 g/mol. The van der Waals surface area contributed by atoms with Gasteiger partial charge in [0.2, 0.25) is 0 Å². The third-order valence-corrected chi connectivity index (χ3v) is 4.58. The van der Waals surface area contributed by atoms with Gasteiger partial charge >= 0.3 is 0 Å². The zero-order valence-electron chi connectivity index (χ0n) is 8.11. The first-order chi connectivity index (χ1) is 5.13. The molecule has 0 nitrogen and oxygen atoms in total. The molecule has 3 aliphatic carbocycles. The average molecular weight is 152 g/mol. The predicted molar refractivity (Wildman–Crippen MR) is 48.5 cm³/mol. The molecule has 2 bridgehead atoms. The van der Waals surface area contributed by atoms with E-state index in [4.69, 9.17) is 0 Å². The second-order valence-corrected chi connectivity index (χ2v) is 5.22. The summed E-state index contributed by atoms with van der Waals surface area (Å²) in [5.41, 5.74) is 1.63. The fraction of sp³-hybridized carbons (Fsp3) is 1.00. The van der Waals surface area contributed by atoms with Gasteiger partial charge in [0, 0.05) is 0 Å². The predicted octanol–water partition coefficient (Wildman–Crippen LogP) is 3.61. The largest absolute Gasteiger partial charge is 0.0649 e. The van der Waals surface area contributed by atoms with Crippen molar-refractivity contribution in [2.45, 2.75) is 52.9 Å². The molecule has 0 aromatic carbocycles. The molecule has 3 saturated carbocycles. The van der Waals surface area contributed by atoms with Crippen LogP contribution in [0.25, 0.3) is 0 Å². The molecule has 0 N–H and O–H groups in total. The maximum Gasteiger partial charge on any atom is -0.0264 e. The van der Waals surface area contributed by atoms with Crippen LogP contribution in [0.4, 0.5) is 0 Å². The fourth-order valence-corrected chi connectivity index (χ4v) is 3.43. The molecule has 0 aromatic rings. The van der Waals surface area contributed by atoms with Crippen LogP contribution in [0.3, 0.4) is 0 Å². The Hall–Kier alpha value is 0. The van der Waals surface area contributed by atoms with Gasteiger partial charge in [-0.25, -0.2) is 0 Å². The van der Waals surface area contributed by atoms with Crippen molar-refractivity contribution in [1.82, 2.24) is 0 Å². The first-order valence-corrected chi connectivity index (χ1v) is 5.13. The van der Waals surface area contributed by atoms with Gasteiger partial charge in [0.25, 0.3) is 0 Å². The van der Waals surface area contributed by atoms with E-state index >= 15 is 0 Å². The Balaban J connectivity index is 2.08. The molecule has 0 radical (unpaired) electrons. The van der Waals surface area contributed by atoms with Gasteiger partial charge in [-0.15, -0.1) is 0 Å². The summed E-state index contributed by atoms with van der Waals surface area (Å²) in [6.45, 7) is 7.19. The van der Waals surface area contributed by atoms with Crippen LogP contribution in [0.15, 0.2) is 0 Å². The maximum absolute atomic E-state index is 2.41. The summed E-state index contributed by atoms with van der Waals surface area (Å²) in [6.07, 6.45) is 7.59. The molecule has 0 saturated heterocycles. The highest BCUT2D eigenvalue weighted by atomic mass is 14.6. The molecule has 3 rings (SSSR count). The molecule has 0 heteroatoms. The van der Waals surface area contributed by atoms with Crippen molar-refractivity contribution in [1.29, 1.82) is 0 Å². The van der Waals surface area contributed by atoms with Crippen LogP contribution < -0.4 is 0 Å². The zero-order chi connectivity index (χ0) is 8.11. The lowest BCUT2D eigenvalue weighted by Gasteiger charge is -2.50. The van der Waals surface area contributed by atoms with E-state index in [1.807, 2.05) is 0 Å². The minimum atomic E-state index is 0.802. The Bertz CT molecular complexity index is 161. The van der Waals surface area contributed by atoms with Gasteiger partial charge in [-0.05, 0) is 42.4 Å². The van der Waals surface area contributed by atoms with Crippen LogP contribution in [0.2, 0.25) is 0 Å². The van der Waals surface area contributed by atoms with Crippen molar-refractivity contribution in [3.8, 4) is 0 Å². The van der Waals surface area contributed by atoms with Gasteiger partial charge in [-0.3, -0.25) is 0 Å². The Morgan fingerprint density at radius 3 is 2.09 bits per heavy atom. The molecular weight excluding hydrogens is 132 g/mol. The SMILES string of the molecule is CCC12CCC(C(C)C)(C1)C2. The summed E-state index contributed by atoms with van der Waals surface area (Å²) in [7, 11) is 0. The van der Waals surface area contributed by atoms with Crippen molar-refractivity contribution >= 4 is 0 Å². The highest BCUT2D eigenvalue weighted by Gasteiger charge is 2.60. The maximum atomic E-state index is 2.41. The van der Waals surface area contributed by atoms with Crippen LogP contribution in [-0.4, -0.2) is 0 Å². The van der Waals surface area contributed by atoms with Crippen LogP contribution in [-0.2, 0) is 0 Å². The summed E-state index contributed by atoms with van der Waals surface area (Å²) < 4.78 is 0. The average Bonchev–Trinajstić information content (AvgIpc) is 2.39. The third-order valence-electron chi connectivity index (χ3n) is 4.58. The third kappa shape index (κ3) is 0.816. The topological polar surface area (TPSA) is 0 Å². The zero-order valence-corrected chi connectivity index (χ0v) is 8.11. The second-order valence-electron chi connectivity index (χ2n) is 5.22. The normalized spacial score (nSPS) is 48.0. The highest BCUT2D eigenvalue weighted by Crippen LogP contribution is 2.71. The van der Waals surface area contributed by atoms with Crippen molar-refractivity contribution in [3.05, 3.63) is 0 Å². The molecule has 0 heterocycles. The molecule has 0 unspecified atom stereocenters. The van der Waals surface area contributed by atoms with Gasteiger partial charge < -0.3 is 0 Å². The van der Waals surface area contributed by atoms with E-state index in [0.717, 1.165) is 16.7 Å². The van der Waals surface area contributed by atoms with Crippen LogP contribution in [0.5, 0.6) is 0 Å². The van der Waals surface area contributed by atoms with Crippen LogP contribution in [0, 0.1) is 16.7 Å². The Kier molecular flexibility index (Phi) is 1.41. The van der Waals surface area contributed by atoms with E-state index in [9.17, 15) is 0 Å². The van der Waals surface area contributed by atoms with E-state index in [-0.39, 0.29) is 0 Å². The van der Waals surface area contributed by atoms with E-state index in [0.29, 0.717) is 0 Å². The molecule has 0 amide bonds. The smallest absolute Gasteiger partial charge is 0.0264 e. The molecule has 11 heavy (non-hydrogen) atoms. The number of rotatable bonds is 2. The molecular formula is C11H20. The standard InChI is InChI=1S/C11H20/c1-4-10-5-6-11(7-10,8-10)9(2)3/h9H,4-8H2,1-3H3. The summed E-state index contributed by atoms with van der Waals surface area (Å²) in [5.74, 6) is 0.935. The van der Waals surface area contributed by atoms with Crippen molar-refractivity contribution in [2.24, 2.45) is 16.7 Å². The van der Waals surface area contributed by atoms with Crippen LogP contribution in [0.1, 0.15) is 52.9 Å². The summed E-state index contributed by atoms with van der Waals surface area (Å²) in [5, 5.41) is 0. The number of hydrogen-bond donors (Lipinski definition) is 0. The van der Waals surface area contributed by atoms with Crippen LogP contribution >= 0.6 is 0 Å². The first kappa shape index (κ1) is 7.64. The molecule has 64 valence electrons. The van der Waals surface area contributed by atoms with Gasteiger partial charge in [0.15, 0.2) is 0 Å². The van der Waals surface area contributed by atoms with E-state index < -0.39 is 0 Å². The first-order valence-electron chi connectivity index (χ1n) is 5.13. The molecule has 0 spiro atoms. The van der Waals surface area contributed by atoms with Gasteiger partial charge in [-0.1, -0.05) is 27.2 Å². The molecule has 0 atom stereocenters. The molecule has 3 aliphatic rings. The second kappa shape index (κ2) is 2.02. The highest BCUT2D eigenvalue weighted by molar-refractivity contribution is 5.10. The summed E-state index contributed by atoms with van der Waals surface area (Å²) in [6, 6.07) is 0. The van der Waals surface area contributed by atoms with Crippen molar-refractivity contribution in [3.63, 3.8) is 0 Å². The Morgan fingerprint density at radius 1 is 1.18 bits per heavy atom. The molecule has 0 aromatic heterocycles. The lowest BCUT2D eigenvalue weighted by Crippen LogP contribution is -2.40. The Morgan fingerprint density at radius 2 is 1.82 bits per heavy atom. The number of fused-ring (bicyclic) bond motifs is 1. The van der Waals surface area contributed by atoms with Gasteiger partial charge in [0.05, 0.1) is 0 Å². The van der Waals surface area contributed by atoms with Crippen molar-refractivity contribution in [2.75, 3.05) is 0 Å². The molecule has 3 fully saturated rings. The quantitative estimate of drug-likeness (QED) is 0.567. The summed E-state index contributed by atoms with van der Waals surface area (Å²) in [4.78, 5) is 0. The van der Waals surface area contributed by atoms with Crippen molar-refractivity contribution < 1.29 is 0 Å². The van der Waals surface area contributed by atoms with E-state index in [1.165, 1.54) is 19.3 Å². The minimum Gasteiger partial charge on any atom is -0.0649 e. The lowest BCUT2D eigenvalue weighted by atomic mass is 9.55. The Labute approximate surface area is 70.4 Å². The van der Waals surface area contributed by atoms with Gasteiger partial charge in [0.1, 0.15) is 0 Å². The molecule has 0 aliphatic heterocycles. The fourth-order valence-electron chi connectivity index (χ4n) is 3.43. The minimum absolute atomic E-state index is 0.802. The summed E-state index contributed by atoms with van der Waals surface area (Å²) >= 11 is 0. The van der Waals surface area contributed by atoms with E-state index in [1.54, 1.807) is 12.8 Å². The lowest BCUT2D eigenvalue weighted by molar-refractivity contribution is 0.00245.